The Bertz CT molecular complexity index is 1830. The molecule has 274 valence electrons. The molecule has 1 atom stereocenters. The van der Waals surface area contributed by atoms with Crippen molar-refractivity contribution in [1.29, 1.82) is 0 Å². The Hall–Kier alpha value is -5.77. The van der Waals surface area contributed by atoms with Crippen molar-refractivity contribution in [2.75, 3.05) is 48.8 Å². The number of carbonyl (C=O) groups is 1. The lowest BCUT2D eigenvalue weighted by atomic mass is 10.1. The number of ether oxygens (including phenoxy) is 7. The molecule has 0 heterocycles. The van der Waals surface area contributed by atoms with E-state index in [1.54, 1.807) is 48.0 Å². The first-order valence-corrected chi connectivity index (χ1v) is 17.1. The molecule has 10 nitrogen and oxygen atoms in total. The topological polar surface area (TPSA) is 106 Å². The Morgan fingerprint density at radius 3 is 1.52 bits per heavy atom. The minimum absolute atomic E-state index is 0.0791. The highest BCUT2D eigenvalue weighted by Gasteiger charge is 2.17. The van der Waals surface area contributed by atoms with Crippen molar-refractivity contribution < 1.29 is 38.0 Å². The van der Waals surface area contributed by atoms with E-state index in [-0.39, 0.29) is 11.9 Å². The van der Waals surface area contributed by atoms with Gasteiger partial charge in [0.15, 0.2) is 23.0 Å². The summed E-state index contributed by atoms with van der Waals surface area (Å²) < 4.78 is 39.0. The molecule has 0 bridgehead atoms. The van der Waals surface area contributed by atoms with Crippen molar-refractivity contribution in [2.45, 2.75) is 33.1 Å². The average Bonchev–Trinajstić information content (AvgIpc) is 3.19. The second kappa shape index (κ2) is 20.2. The number of esters is 1. The molecule has 0 fully saturated rings. The van der Waals surface area contributed by atoms with Crippen LogP contribution >= 0.6 is 0 Å². The molecule has 4 aromatic rings. The lowest BCUT2D eigenvalue weighted by Gasteiger charge is -2.15. The molecule has 0 aliphatic rings. The molecule has 0 saturated carbocycles. The van der Waals surface area contributed by atoms with Crippen LogP contribution in [0, 0.1) is 5.92 Å². The predicted molar refractivity (Wildman–Crippen MR) is 207 cm³/mol. The molecule has 0 N–H and O–H groups in total. The van der Waals surface area contributed by atoms with Crippen LogP contribution in [0.5, 0.6) is 34.5 Å². The van der Waals surface area contributed by atoms with Crippen molar-refractivity contribution in [3.8, 4) is 34.5 Å². The van der Waals surface area contributed by atoms with Crippen LogP contribution in [0.25, 0.3) is 12.2 Å². The molecule has 0 aliphatic carbocycles. The Labute approximate surface area is 306 Å². The molecule has 0 amide bonds. The Balaban J connectivity index is 1.33. The predicted octanol–water partition coefficient (Wildman–Crippen LogP) is 9.15. The molecule has 0 saturated heterocycles. The first-order chi connectivity index (χ1) is 25.3. The summed E-state index contributed by atoms with van der Waals surface area (Å²) in [4.78, 5) is 21.1. The standard InChI is InChI=1S/C42H48N2O8/c1-8-29(2)42(45)52-26-10-9-25-51-37-24-18-33(39(48-5)41(37)50-7)28-44-35-21-15-31(16-22-35)12-11-30-13-19-34(20-14-30)43-27-32-17-23-36(46-3)40(49-6)38(32)47-4/h11-24,27-29H,8-10,25-26H2,1-7H3. The Morgan fingerprint density at radius 1 is 0.596 bits per heavy atom. The highest BCUT2D eigenvalue weighted by Crippen LogP contribution is 2.40. The van der Waals surface area contributed by atoms with Gasteiger partial charge in [0.25, 0.3) is 0 Å². The summed E-state index contributed by atoms with van der Waals surface area (Å²) in [6.45, 7) is 4.67. The molecule has 52 heavy (non-hydrogen) atoms. The number of aliphatic imine (C=N–C) groups is 2. The second-order valence-electron chi connectivity index (χ2n) is 11.7. The molecule has 10 heteroatoms. The zero-order chi connectivity index (χ0) is 37.3. The average molecular weight is 709 g/mol. The normalized spacial score (nSPS) is 11.9. The summed E-state index contributed by atoms with van der Waals surface area (Å²) in [6.07, 6.45) is 9.79. The highest BCUT2D eigenvalue weighted by molar-refractivity contribution is 5.89. The molecular weight excluding hydrogens is 660 g/mol. The van der Waals surface area contributed by atoms with Gasteiger partial charge in [-0.2, -0.15) is 0 Å². The Morgan fingerprint density at radius 2 is 1.06 bits per heavy atom. The van der Waals surface area contributed by atoms with Crippen LogP contribution in [0.4, 0.5) is 11.4 Å². The van der Waals surface area contributed by atoms with Crippen molar-refractivity contribution >= 4 is 41.9 Å². The largest absolute Gasteiger partial charge is 0.493 e. The molecule has 4 aromatic carbocycles. The number of benzene rings is 4. The van der Waals surface area contributed by atoms with Gasteiger partial charge in [-0.15, -0.1) is 0 Å². The van der Waals surface area contributed by atoms with Crippen LogP contribution < -0.4 is 28.4 Å². The van der Waals surface area contributed by atoms with Crippen molar-refractivity contribution in [3.05, 3.63) is 95.1 Å². The molecule has 0 radical (unpaired) electrons. The lowest BCUT2D eigenvalue weighted by Crippen LogP contribution is -2.15. The van der Waals surface area contributed by atoms with Gasteiger partial charge in [-0.05, 0) is 78.9 Å². The minimum atomic E-state index is -0.156. The lowest BCUT2D eigenvalue weighted by molar-refractivity contribution is -0.148. The summed E-state index contributed by atoms with van der Waals surface area (Å²) in [6, 6.07) is 23.3. The number of hydrogen-bond acceptors (Lipinski definition) is 10. The molecule has 0 spiro atoms. The smallest absolute Gasteiger partial charge is 0.308 e. The van der Waals surface area contributed by atoms with Gasteiger partial charge in [0, 0.05) is 23.6 Å². The van der Waals surface area contributed by atoms with Gasteiger partial charge in [0.1, 0.15) is 0 Å². The van der Waals surface area contributed by atoms with Gasteiger partial charge in [-0.1, -0.05) is 50.3 Å². The molecule has 4 rings (SSSR count). The van der Waals surface area contributed by atoms with E-state index in [1.807, 2.05) is 98.8 Å². The van der Waals surface area contributed by atoms with E-state index in [0.29, 0.717) is 54.1 Å². The number of methoxy groups -OCH3 is 5. The van der Waals surface area contributed by atoms with Crippen LogP contribution in [0.15, 0.2) is 82.8 Å². The number of rotatable bonds is 19. The van der Waals surface area contributed by atoms with Gasteiger partial charge in [0.05, 0.1) is 66.1 Å². The monoisotopic (exact) mass is 708 g/mol. The van der Waals surface area contributed by atoms with Crippen molar-refractivity contribution in [2.24, 2.45) is 15.9 Å². The van der Waals surface area contributed by atoms with E-state index in [0.717, 1.165) is 46.5 Å². The maximum atomic E-state index is 11.8. The van der Waals surface area contributed by atoms with Crippen LogP contribution in [-0.2, 0) is 9.53 Å². The number of unbranched alkanes of at least 4 members (excludes halogenated alkanes) is 1. The summed E-state index contributed by atoms with van der Waals surface area (Å²) in [5.41, 5.74) is 5.21. The number of nitrogens with zero attached hydrogens (tertiary/aromatic N) is 2. The zero-order valence-electron chi connectivity index (χ0n) is 31.0. The third kappa shape index (κ3) is 10.6. The molecule has 0 aliphatic heterocycles. The fourth-order valence-electron chi connectivity index (χ4n) is 5.10. The summed E-state index contributed by atoms with van der Waals surface area (Å²) in [5.74, 6) is 3.03. The van der Waals surface area contributed by atoms with E-state index in [4.69, 9.17) is 33.2 Å². The maximum absolute atomic E-state index is 11.8. The number of hydrogen-bond donors (Lipinski definition) is 0. The molecule has 1 unspecified atom stereocenters. The van der Waals surface area contributed by atoms with E-state index < -0.39 is 0 Å². The third-order valence-electron chi connectivity index (χ3n) is 8.26. The van der Waals surface area contributed by atoms with Crippen molar-refractivity contribution in [1.82, 2.24) is 0 Å². The minimum Gasteiger partial charge on any atom is -0.493 e. The van der Waals surface area contributed by atoms with E-state index in [2.05, 4.69) is 9.98 Å². The summed E-state index contributed by atoms with van der Waals surface area (Å²) in [5, 5.41) is 0. The maximum Gasteiger partial charge on any atom is 0.308 e. The van der Waals surface area contributed by atoms with Crippen LogP contribution in [-0.4, -0.2) is 67.2 Å². The zero-order valence-corrected chi connectivity index (χ0v) is 31.0. The third-order valence-corrected chi connectivity index (χ3v) is 8.26. The quantitative estimate of drug-likeness (QED) is 0.0411. The highest BCUT2D eigenvalue weighted by atomic mass is 16.5. The van der Waals surface area contributed by atoms with E-state index >= 15 is 0 Å². The van der Waals surface area contributed by atoms with Gasteiger partial charge in [-0.3, -0.25) is 14.8 Å². The fraction of sp³-hybridized carbons (Fsp3) is 0.310. The van der Waals surface area contributed by atoms with Crippen LogP contribution in [0.2, 0.25) is 0 Å². The second-order valence-corrected chi connectivity index (χ2v) is 11.7. The van der Waals surface area contributed by atoms with Crippen LogP contribution in [0.3, 0.4) is 0 Å². The van der Waals surface area contributed by atoms with E-state index in [1.165, 1.54) is 0 Å². The fourth-order valence-corrected chi connectivity index (χ4v) is 5.10. The van der Waals surface area contributed by atoms with Gasteiger partial charge in [0.2, 0.25) is 11.5 Å². The summed E-state index contributed by atoms with van der Waals surface area (Å²) >= 11 is 0. The Kier molecular flexibility index (Phi) is 15.1. The van der Waals surface area contributed by atoms with Crippen LogP contribution in [0.1, 0.15) is 55.4 Å². The first-order valence-electron chi connectivity index (χ1n) is 17.1. The summed E-state index contributed by atoms with van der Waals surface area (Å²) in [7, 11) is 7.92. The molecule has 0 aromatic heterocycles. The van der Waals surface area contributed by atoms with Gasteiger partial charge >= 0.3 is 5.97 Å². The number of carbonyl (C=O) groups excluding carboxylic acids is 1. The van der Waals surface area contributed by atoms with E-state index in [9.17, 15) is 4.79 Å². The molecular formula is C42H48N2O8. The SMILES string of the molecule is CCC(C)C(=O)OCCCCOc1ccc(C=Nc2ccc(C=Cc3ccc(N=Cc4ccc(OC)c(OC)c4OC)cc3)cc2)c(OC)c1OC. The van der Waals surface area contributed by atoms with Gasteiger partial charge in [-0.25, -0.2) is 0 Å². The van der Waals surface area contributed by atoms with Gasteiger partial charge < -0.3 is 33.2 Å². The van der Waals surface area contributed by atoms with Crippen molar-refractivity contribution in [3.63, 3.8) is 0 Å². The first kappa shape index (κ1) is 39.0.